The molecule has 148 valence electrons. The third-order valence-electron chi connectivity index (χ3n) is 4.14. The Morgan fingerprint density at radius 1 is 1.24 bits per heavy atom. The van der Waals surface area contributed by atoms with Crippen molar-refractivity contribution in [3.63, 3.8) is 0 Å². The number of halogens is 1. The second-order valence-corrected chi connectivity index (χ2v) is 6.15. The van der Waals surface area contributed by atoms with Crippen LogP contribution in [0, 0.1) is 5.82 Å². The molecule has 0 atom stereocenters. The fraction of sp³-hybridized carbons (Fsp3) is 0.211. The van der Waals surface area contributed by atoms with E-state index in [9.17, 15) is 9.18 Å². The van der Waals surface area contributed by atoms with E-state index in [-0.39, 0.29) is 24.9 Å². The van der Waals surface area contributed by atoms with Gasteiger partial charge < -0.3 is 14.6 Å². The zero-order chi connectivity index (χ0) is 20.2. The van der Waals surface area contributed by atoms with Crippen molar-refractivity contribution in [3.05, 3.63) is 60.1 Å². The van der Waals surface area contributed by atoms with Crippen LogP contribution >= 0.6 is 0 Å². The molecule has 0 radical (unpaired) electrons. The Bertz CT molecular complexity index is 1140. The number of carbonyl (C=O) groups excluding carboxylic acids is 1. The number of pyridine rings is 1. The average Bonchev–Trinajstić information content (AvgIpc) is 3.38. The average molecular weight is 396 g/mol. The molecule has 0 unspecified atom stereocenters. The Morgan fingerprint density at radius 3 is 2.83 bits per heavy atom. The van der Waals surface area contributed by atoms with E-state index in [0.717, 1.165) is 5.56 Å². The van der Waals surface area contributed by atoms with Crippen LogP contribution < -0.4 is 10.1 Å². The lowest BCUT2D eigenvalue weighted by atomic mass is 10.2. The van der Waals surface area contributed by atoms with E-state index in [0.29, 0.717) is 35.4 Å². The van der Waals surface area contributed by atoms with Crippen molar-refractivity contribution < 1.29 is 18.4 Å². The minimum Gasteiger partial charge on any atom is -0.484 e. The lowest BCUT2D eigenvalue weighted by Gasteiger charge is -2.07. The van der Waals surface area contributed by atoms with E-state index in [1.54, 1.807) is 16.7 Å². The summed E-state index contributed by atoms with van der Waals surface area (Å²) in [5.74, 6) is 1.32. The molecule has 1 amide bonds. The standard InChI is InChI=1S/C19H17FN6O3/c1-2-15-22-19(29-25-15)12-7-8-26-16(9-12)23-24-17(26)10-21-18(27)11-28-14-5-3-13(20)4-6-14/h3-9H,2,10-11H2,1H3,(H,21,27). The number of carbonyl (C=O) groups is 1. The summed E-state index contributed by atoms with van der Waals surface area (Å²) in [7, 11) is 0. The second-order valence-electron chi connectivity index (χ2n) is 6.15. The molecular formula is C19H17FN6O3. The fourth-order valence-electron chi connectivity index (χ4n) is 2.62. The van der Waals surface area contributed by atoms with Gasteiger partial charge in [-0.05, 0) is 36.4 Å². The molecule has 9 nitrogen and oxygen atoms in total. The summed E-state index contributed by atoms with van der Waals surface area (Å²) in [6.45, 7) is 1.93. The van der Waals surface area contributed by atoms with E-state index in [4.69, 9.17) is 9.26 Å². The molecule has 0 saturated heterocycles. The van der Waals surface area contributed by atoms with Gasteiger partial charge in [-0.3, -0.25) is 9.20 Å². The van der Waals surface area contributed by atoms with Crippen LogP contribution in [0.5, 0.6) is 5.75 Å². The van der Waals surface area contributed by atoms with Crippen LogP contribution in [-0.4, -0.2) is 37.3 Å². The molecule has 0 aliphatic heterocycles. The topological polar surface area (TPSA) is 107 Å². The Morgan fingerprint density at radius 2 is 2.07 bits per heavy atom. The third-order valence-corrected chi connectivity index (χ3v) is 4.14. The number of nitrogens with one attached hydrogen (secondary N) is 1. The Balaban J connectivity index is 1.38. The number of nitrogens with zero attached hydrogens (tertiary/aromatic N) is 5. The van der Waals surface area contributed by atoms with Crippen molar-refractivity contribution in [1.82, 2.24) is 30.1 Å². The molecule has 1 aromatic carbocycles. The number of fused-ring (bicyclic) bond motifs is 1. The monoisotopic (exact) mass is 396 g/mol. The molecule has 29 heavy (non-hydrogen) atoms. The molecule has 0 aliphatic carbocycles. The molecule has 0 aliphatic rings. The van der Waals surface area contributed by atoms with Gasteiger partial charge in [0.2, 0.25) is 0 Å². The second kappa shape index (κ2) is 8.05. The van der Waals surface area contributed by atoms with Crippen molar-refractivity contribution in [2.75, 3.05) is 6.61 Å². The summed E-state index contributed by atoms with van der Waals surface area (Å²) >= 11 is 0. The number of hydrogen-bond acceptors (Lipinski definition) is 7. The van der Waals surface area contributed by atoms with Gasteiger partial charge in [-0.2, -0.15) is 4.98 Å². The number of rotatable bonds is 7. The van der Waals surface area contributed by atoms with Gasteiger partial charge in [0.05, 0.1) is 6.54 Å². The van der Waals surface area contributed by atoms with Crippen LogP contribution in [0.3, 0.4) is 0 Å². The number of aryl methyl sites for hydroxylation is 1. The molecule has 4 aromatic rings. The largest absolute Gasteiger partial charge is 0.484 e. The number of ether oxygens (including phenoxy) is 1. The van der Waals surface area contributed by atoms with Gasteiger partial charge in [-0.25, -0.2) is 4.39 Å². The highest BCUT2D eigenvalue weighted by Crippen LogP contribution is 2.19. The van der Waals surface area contributed by atoms with E-state index in [1.165, 1.54) is 24.3 Å². The smallest absolute Gasteiger partial charge is 0.258 e. The normalized spacial score (nSPS) is 11.0. The number of aromatic nitrogens is 5. The maximum Gasteiger partial charge on any atom is 0.258 e. The van der Waals surface area contributed by atoms with Crippen LogP contribution in [-0.2, 0) is 17.8 Å². The molecule has 10 heteroatoms. The van der Waals surface area contributed by atoms with Gasteiger partial charge in [0.15, 0.2) is 23.9 Å². The molecule has 3 heterocycles. The summed E-state index contributed by atoms with van der Waals surface area (Å²) in [5, 5.41) is 14.8. The lowest BCUT2D eigenvalue weighted by Crippen LogP contribution is -2.29. The highest BCUT2D eigenvalue weighted by molar-refractivity contribution is 5.77. The first-order valence-corrected chi connectivity index (χ1v) is 8.94. The maximum atomic E-state index is 12.9. The summed E-state index contributed by atoms with van der Waals surface area (Å²) < 4.78 is 25.2. The fourth-order valence-corrected chi connectivity index (χ4v) is 2.62. The SMILES string of the molecule is CCc1noc(-c2ccn3c(CNC(=O)COc4ccc(F)cc4)nnc3c2)n1. The van der Waals surface area contributed by atoms with Gasteiger partial charge in [0.25, 0.3) is 11.8 Å². The van der Waals surface area contributed by atoms with Gasteiger partial charge in [-0.15, -0.1) is 10.2 Å². The molecular weight excluding hydrogens is 379 g/mol. The quantitative estimate of drug-likeness (QED) is 0.510. The van der Waals surface area contributed by atoms with Crippen LogP contribution in [0.25, 0.3) is 17.1 Å². The molecule has 0 saturated carbocycles. The van der Waals surface area contributed by atoms with Crippen molar-refractivity contribution in [3.8, 4) is 17.2 Å². The molecule has 3 aromatic heterocycles. The van der Waals surface area contributed by atoms with E-state index < -0.39 is 0 Å². The summed E-state index contributed by atoms with van der Waals surface area (Å²) in [6.07, 6.45) is 2.46. The first-order chi connectivity index (χ1) is 14.1. The number of amides is 1. The van der Waals surface area contributed by atoms with Crippen LogP contribution in [0.2, 0.25) is 0 Å². The van der Waals surface area contributed by atoms with Gasteiger partial charge in [-0.1, -0.05) is 12.1 Å². The lowest BCUT2D eigenvalue weighted by molar-refractivity contribution is -0.123. The van der Waals surface area contributed by atoms with E-state index >= 15 is 0 Å². The van der Waals surface area contributed by atoms with Crippen molar-refractivity contribution >= 4 is 11.6 Å². The molecule has 0 spiro atoms. The van der Waals surface area contributed by atoms with E-state index in [1.807, 2.05) is 13.0 Å². The first-order valence-electron chi connectivity index (χ1n) is 8.94. The zero-order valence-corrected chi connectivity index (χ0v) is 15.5. The minimum absolute atomic E-state index is 0.173. The Hall–Kier alpha value is -3.82. The van der Waals surface area contributed by atoms with Gasteiger partial charge in [0, 0.05) is 18.2 Å². The van der Waals surface area contributed by atoms with Crippen LogP contribution in [0.4, 0.5) is 4.39 Å². The Kier molecular flexibility index (Phi) is 5.14. The van der Waals surface area contributed by atoms with Crippen molar-refractivity contribution in [2.45, 2.75) is 19.9 Å². The molecule has 4 rings (SSSR count). The van der Waals surface area contributed by atoms with Crippen molar-refractivity contribution in [1.29, 1.82) is 0 Å². The maximum absolute atomic E-state index is 12.9. The minimum atomic E-state index is -0.367. The zero-order valence-electron chi connectivity index (χ0n) is 15.5. The predicted molar refractivity (Wildman–Crippen MR) is 99.4 cm³/mol. The third kappa shape index (κ3) is 4.21. The summed E-state index contributed by atoms with van der Waals surface area (Å²) in [4.78, 5) is 16.3. The molecule has 0 fully saturated rings. The van der Waals surface area contributed by atoms with E-state index in [2.05, 4.69) is 25.7 Å². The predicted octanol–water partition coefficient (Wildman–Crippen LogP) is 2.18. The van der Waals surface area contributed by atoms with Crippen molar-refractivity contribution in [2.24, 2.45) is 0 Å². The van der Waals surface area contributed by atoms with Crippen LogP contribution in [0.1, 0.15) is 18.6 Å². The van der Waals surface area contributed by atoms with Gasteiger partial charge >= 0.3 is 0 Å². The van der Waals surface area contributed by atoms with Crippen LogP contribution in [0.15, 0.2) is 47.1 Å². The van der Waals surface area contributed by atoms with Gasteiger partial charge in [0.1, 0.15) is 11.6 Å². The highest BCUT2D eigenvalue weighted by atomic mass is 19.1. The molecule has 1 N–H and O–H groups in total. The first kappa shape index (κ1) is 18.5. The number of benzene rings is 1. The number of hydrogen-bond donors (Lipinski definition) is 1. The summed E-state index contributed by atoms with van der Waals surface area (Å²) in [6, 6.07) is 9.04. The summed E-state index contributed by atoms with van der Waals surface area (Å²) in [5.41, 5.74) is 1.32. The molecule has 0 bridgehead atoms. The Labute approximate surface area is 164 Å². The highest BCUT2D eigenvalue weighted by Gasteiger charge is 2.12.